The van der Waals surface area contributed by atoms with E-state index in [4.69, 9.17) is 4.74 Å². The van der Waals surface area contributed by atoms with E-state index in [0.717, 1.165) is 17.8 Å². The fourth-order valence-corrected chi connectivity index (χ4v) is 3.36. The molecular formula is C12H17NO2S. The number of hydrogen-bond acceptors (Lipinski definition) is 4. The molecule has 16 heavy (non-hydrogen) atoms. The summed E-state index contributed by atoms with van der Waals surface area (Å²) in [4.78, 5) is 15.7. The molecule has 0 atom stereocenters. The topological polar surface area (TPSA) is 39.2 Å². The summed E-state index contributed by atoms with van der Waals surface area (Å²) < 4.78 is 5.91. The summed E-state index contributed by atoms with van der Waals surface area (Å²) in [5, 5.41) is 2.83. The normalized spacial score (nSPS) is 18.9. The molecule has 0 radical (unpaired) electrons. The number of ether oxygens (including phenoxy) is 1. The monoisotopic (exact) mass is 239 g/mol. The largest absolute Gasteiger partial charge is 0.368 e. The molecule has 1 aromatic rings. The Balaban J connectivity index is 2.28. The van der Waals surface area contributed by atoms with Crippen molar-refractivity contribution in [2.24, 2.45) is 0 Å². The highest BCUT2D eigenvalue weighted by Gasteiger charge is 2.39. The van der Waals surface area contributed by atoms with Gasteiger partial charge in [0.1, 0.15) is 16.3 Å². The zero-order valence-electron chi connectivity index (χ0n) is 9.78. The van der Waals surface area contributed by atoms with Crippen molar-refractivity contribution in [2.45, 2.75) is 45.1 Å². The van der Waals surface area contributed by atoms with E-state index in [2.05, 4.69) is 4.98 Å². The molecule has 1 aliphatic carbocycles. The SMILES string of the molecule is CCOC1(c2nc(C(C)=O)cs2)CCCC1. The molecule has 1 aromatic heterocycles. The van der Waals surface area contributed by atoms with Gasteiger partial charge in [0.05, 0.1) is 0 Å². The highest BCUT2D eigenvalue weighted by molar-refractivity contribution is 7.10. The van der Waals surface area contributed by atoms with Gasteiger partial charge in [0.15, 0.2) is 5.78 Å². The maximum absolute atomic E-state index is 11.2. The quantitative estimate of drug-likeness (QED) is 0.758. The molecule has 0 unspecified atom stereocenters. The van der Waals surface area contributed by atoms with Crippen molar-refractivity contribution >= 4 is 17.1 Å². The van der Waals surface area contributed by atoms with Crippen LogP contribution in [0.15, 0.2) is 5.38 Å². The summed E-state index contributed by atoms with van der Waals surface area (Å²) in [6.45, 7) is 4.27. The molecule has 0 N–H and O–H groups in total. The van der Waals surface area contributed by atoms with Crippen LogP contribution < -0.4 is 0 Å². The first-order valence-electron chi connectivity index (χ1n) is 5.79. The molecule has 0 spiro atoms. The second kappa shape index (κ2) is 4.63. The summed E-state index contributed by atoms with van der Waals surface area (Å²) >= 11 is 1.56. The second-order valence-electron chi connectivity index (χ2n) is 4.23. The minimum atomic E-state index is -0.201. The molecule has 0 bridgehead atoms. The lowest BCUT2D eigenvalue weighted by Crippen LogP contribution is -2.26. The van der Waals surface area contributed by atoms with Crippen LogP contribution in [0.25, 0.3) is 0 Å². The standard InChI is InChI=1S/C12H17NO2S/c1-3-15-12(6-4-5-7-12)11-13-10(8-16-11)9(2)14/h8H,3-7H2,1-2H3. The number of rotatable bonds is 4. The number of Topliss-reactive ketones (excluding diaryl/α,β-unsaturated/α-hetero) is 1. The van der Waals surface area contributed by atoms with Gasteiger partial charge in [-0.1, -0.05) is 12.8 Å². The van der Waals surface area contributed by atoms with Gasteiger partial charge in [-0.15, -0.1) is 11.3 Å². The summed E-state index contributed by atoms with van der Waals surface area (Å²) in [5.74, 6) is 0.0344. The first kappa shape index (κ1) is 11.7. The van der Waals surface area contributed by atoms with Crippen molar-refractivity contribution in [1.82, 2.24) is 4.98 Å². The van der Waals surface area contributed by atoms with Crippen LogP contribution in [0, 0.1) is 0 Å². The molecule has 0 aromatic carbocycles. The maximum Gasteiger partial charge on any atom is 0.178 e. The fraction of sp³-hybridized carbons (Fsp3) is 0.667. The third-order valence-corrected chi connectivity index (χ3v) is 4.11. The lowest BCUT2D eigenvalue weighted by atomic mass is 10.0. The van der Waals surface area contributed by atoms with Crippen LogP contribution in [0.1, 0.15) is 55.0 Å². The number of aromatic nitrogens is 1. The summed E-state index contributed by atoms with van der Waals surface area (Å²) in [5.41, 5.74) is 0.374. The number of hydrogen-bond donors (Lipinski definition) is 0. The minimum absolute atomic E-state index is 0.0344. The lowest BCUT2D eigenvalue weighted by molar-refractivity contribution is -0.0391. The summed E-state index contributed by atoms with van der Waals surface area (Å²) in [6.07, 6.45) is 4.45. The van der Waals surface area contributed by atoms with Crippen molar-refractivity contribution in [3.05, 3.63) is 16.1 Å². The fourth-order valence-electron chi connectivity index (χ4n) is 2.29. The van der Waals surface area contributed by atoms with Gasteiger partial charge in [-0.25, -0.2) is 4.98 Å². The van der Waals surface area contributed by atoms with E-state index >= 15 is 0 Å². The van der Waals surface area contributed by atoms with Gasteiger partial charge >= 0.3 is 0 Å². The third kappa shape index (κ3) is 2.04. The Kier molecular flexibility index (Phi) is 3.40. The highest BCUT2D eigenvalue weighted by Crippen LogP contribution is 2.43. The van der Waals surface area contributed by atoms with E-state index < -0.39 is 0 Å². The highest BCUT2D eigenvalue weighted by atomic mass is 32.1. The van der Waals surface area contributed by atoms with Gasteiger partial charge in [0.2, 0.25) is 0 Å². The first-order chi connectivity index (χ1) is 7.68. The van der Waals surface area contributed by atoms with Crippen LogP contribution in [-0.2, 0) is 10.3 Å². The molecular weight excluding hydrogens is 222 g/mol. The van der Waals surface area contributed by atoms with Crippen molar-refractivity contribution in [1.29, 1.82) is 0 Å². The van der Waals surface area contributed by atoms with Gasteiger partial charge in [0.25, 0.3) is 0 Å². The Hall–Kier alpha value is -0.740. The van der Waals surface area contributed by atoms with E-state index in [1.54, 1.807) is 18.3 Å². The zero-order valence-corrected chi connectivity index (χ0v) is 10.6. The number of thiazole rings is 1. The van der Waals surface area contributed by atoms with Crippen LogP contribution in [-0.4, -0.2) is 17.4 Å². The van der Waals surface area contributed by atoms with Gasteiger partial charge in [-0.3, -0.25) is 4.79 Å². The van der Waals surface area contributed by atoms with Crippen LogP contribution >= 0.6 is 11.3 Å². The average Bonchev–Trinajstić information content (AvgIpc) is 2.85. The van der Waals surface area contributed by atoms with E-state index in [0.29, 0.717) is 12.3 Å². The predicted molar refractivity (Wildman–Crippen MR) is 63.9 cm³/mol. The lowest BCUT2D eigenvalue weighted by Gasteiger charge is -2.26. The Morgan fingerprint density at radius 2 is 2.25 bits per heavy atom. The van der Waals surface area contributed by atoms with Crippen LogP contribution in [0.4, 0.5) is 0 Å². The number of ketones is 1. The molecule has 1 fully saturated rings. The van der Waals surface area contributed by atoms with E-state index in [1.807, 2.05) is 12.3 Å². The van der Waals surface area contributed by atoms with Crippen molar-refractivity contribution < 1.29 is 9.53 Å². The van der Waals surface area contributed by atoms with Crippen LogP contribution in [0.2, 0.25) is 0 Å². The molecule has 88 valence electrons. The van der Waals surface area contributed by atoms with Gasteiger partial charge in [0, 0.05) is 18.9 Å². The van der Waals surface area contributed by atoms with Crippen LogP contribution in [0.5, 0.6) is 0 Å². The van der Waals surface area contributed by atoms with Crippen molar-refractivity contribution in [3.63, 3.8) is 0 Å². The molecule has 2 rings (SSSR count). The smallest absolute Gasteiger partial charge is 0.178 e. The van der Waals surface area contributed by atoms with E-state index in [-0.39, 0.29) is 11.4 Å². The Morgan fingerprint density at radius 3 is 2.75 bits per heavy atom. The zero-order chi connectivity index (χ0) is 11.6. The Morgan fingerprint density at radius 1 is 1.56 bits per heavy atom. The number of carbonyl (C=O) groups excluding carboxylic acids is 1. The van der Waals surface area contributed by atoms with Gasteiger partial charge in [-0.2, -0.15) is 0 Å². The van der Waals surface area contributed by atoms with E-state index in [1.165, 1.54) is 12.8 Å². The van der Waals surface area contributed by atoms with Crippen LogP contribution in [0.3, 0.4) is 0 Å². The Labute approximate surface area is 99.8 Å². The molecule has 4 heteroatoms. The Bertz CT molecular complexity index is 380. The molecule has 0 saturated heterocycles. The molecule has 1 aliphatic rings. The van der Waals surface area contributed by atoms with Gasteiger partial charge in [-0.05, 0) is 19.8 Å². The third-order valence-electron chi connectivity index (χ3n) is 3.09. The molecule has 3 nitrogen and oxygen atoms in total. The van der Waals surface area contributed by atoms with Crippen molar-refractivity contribution in [2.75, 3.05) is 6.61 Å². The van der Waals surface area contributed by atoms with E-state index in [9.17, 15) is 4.79 Å². The van der Waals surface area contributed by atoms with Crippen molar-refractivity contribution in [3.8, 4) is 0 Å². The summed E-state index contributed by atoms with van der Waals surface area (Å²) in [6, 6.07) is 0. The number of nitrogens with zero attached hydrogens (tertiary/aromatic N) is 1. The molecule has 0 amide bonds. The number of carbonyl (C=O) groups is 1. The molecule has 1 heterocycles. The molecule has 1 saturated carbocycles. The maximum atomic E-state index is 11.2. The average molecular weight is 239 g/mol. The predicted octanol–water partition coefficient (Wildman–Crippen LogP) is 3.15. The first-order valence-corrected chi connectivity index (χ1v) is 6.67. The molecule has 0 aliphatic heterocycles. The summed E-state index contributed by atoms with van der Waals surface area (Å²) in [7, 11) is 0. The second-order valence-corrected chi connectivity index (χ2v) is 5.09. The van der Waals surface area contributed by atoms with Gasteiger partial charge < -0.3 is 4.74 Å². The minimum Gasteiger partial charge on any atom is -0.368 e.